The second-order valence-electron chi connectivity index (χ2n) is 8.89. The molecule has 0 unspecified atom stereocenters. The molecule has 0 N–H and O–H groups in total. The van der Waals surface area contributed by atoms with Crippen molar-refractivity contribution in [3.63, 3.8) is 0 Å². The van der Waals surface area contributed by atoms with Crippen LogP contribution in [0.25, 0.3) is 0 Å². The molecule has 4 heteroatoms. The van der Waals surface area contributed by atoms with Crippen LogP contribution in [-0.4, -0.2) is 11.9 Å². The van der Waals surface area contributed by atoms with E-state index in [9.17, 15) is 9.59 Å². The third-order valence-electron chi connectivity index (χ3n) is 6.32. The van der Waals surface area contributed by atoms with Crippen molar-refractivity contribution in [1.82, 2.24) is 0 Å². The summed E-state index contributed by atoms with van der Waals surface area (Å²) in [6, 6.07) is 15.6. The number of hydrogen-bond donors (Lipinski definition) is 0. The number of carbonyl (C=O) groups is 2. The maximum Gasteiger partial charge on any atom is 0.314 e. The van der Waals surface area contributed by atoms with Crippen molar-refractivity contribution in [1.29, 1.82) is 0 Å². The molecular formula is C28H36O4. The Labute approximate surface area is 192 Å². The zero-order chi connectivity index (χ0) is 22.8. The number of benzene rings is 2. The summed E-state index contributed by atoms with van der Waals surface area (Å²) in [6.07, 6.45) is 9.38. The second-order valence-corrected chi connectivity index (χ2v) is 8.89. The lowest BCUT2D eigenvalue weighted by Crippen LogP contribution is -2.30. The van der Waals surface area contributed by atoms with Crippen LogP contribution in [0.4, 0.5) is 0 Å². The van der Waals surface area contributed by atoms with Crippen molar-refractivity contribution < 1.29 is 19.1 Å². The van der Waals surface area contributed by atoms with Crippen LogP contribution in [0.5, 0.6) is 11.5 Å². The molecule has 2 aromatic carbocycles. The van der Waals surface area contributed by atoms with E-state index in [0.717, 1.165) is 38.5 Å². The van der Waals surface area contributed by atoms with Gasteiger partial charge in [0, 0.05) is 0 Å². The first-order chi connectivity index (χ1) is 15.6. The lowest BCUT2D eigenvalue weighted by molar-refractivity contribution is -0.145. The molecule has 3 rings (SSSR count). The van der Waals surface area contributed by atoms with Crippen LogP contribution in [-0.2, 0) is 22.4 Å². The first-order valence-electron chi connectivity index (χ1n) is 12.2. The Morgan fingerprint density at radius 1 is 0.656 bits per heavy atom. The molecule has 0 amide bonds. The molecule has 0 heterocycles. The van der Waals surface area contributed by atoms with Crippen molar-refractivity contribution in [2.45, 2.75) is 78.1 Å². The van der Waals surface area contributed by atoms with E-state index in [1.54, 1.807) is 0 Å². The zero-order valence-corrected chi connectivity index (χ0v) is 19.5. The van der Waals surface area contributed by atoms with E-state index in [4.69, 9.17) is 9.47 Å². The fraction of sp³-hybridized carbons (Fsp3) is 0.500. The topological polar surface area (TPSA) is 52.6 Å². The molecule has 172 valence electrons. The lowest BCUT2D eigenvalue weighted by Gasteiger charge is -2.25. The Morgan fingerprint density at radius 2 is 1.00 bits per heavy atom. The summed E-state index contributed by atoms with van der Waals surface area (Å²) in [5.41, 5.74) is 2.53. The summed E-state index contributed by atoms with van der Waals surface area (Å²) in [5, 5.41) is 0. The number of rotatable bonds is 10. The number of unbranched alkanes of at least 4 members (excludes halogenated alkanes) is 2. The van der Waals surface area contributed by atoms with Gasteiger partial charge in [-0.2, -0.15) is 0 Å². The van der Waals surface area contributed by atoms with Gasteiger partial charge in [-0.25, -0.2) is 0 Å². The van der Waals surface area contributed by atoms with Gasteiger partial charge >= 0.3 is 11.9 Å². The van der Waals surface area contributed by atoms with Gasteiger partial charge in [0.15, 0.2) is 0 Å². The molecule has 0 spiro atoms. The van der Waals surface area contributed by atoms with Crippen LogP contribution in [0.3, 0.4) is 0 Å². The standard InChI is InChI=1S/C28H36O4/c1-3-5-7-21-9-17-25(18-10-21)31-27(29)23-13-15-24(16-14-23)28(30)32-26-19-11-22(12-20-26)8-6-4-2/h9-12,17-20,23-24H,3-8,13-16H2,1-2H3. The fourth-order valence-corrected chi connectivity index (χ4v) is 4.17. The highest BCUT2D eigenvalue weighted by molar-refractivity contribution is 5.77. The van der Waals surface area contributed by atoms with Crippen LogP contribution < -0.4 is 9.47 Å². The Kier molecular flexibility index (Phi) is 9.33. The van der Waals surface area contributed by atoms with Gasteiger partial charge in [0.25, 0.3) is 0 Å². The van der Waals surface area contributed by atoms with Gasteiger partial charge in [-0.3, -0.25) is 9.59 Å². The van der Waals surface area contributed by atoms with Crippen LogP contribution >= 0.6 is 0 Å². The SMILES string of the molecule is CCCCc1ccc(OC(=O)C2CCC(C(=O)Oc3ccc(CCCC)cc3)CC2)cc1. The van der Waals surface area contributed by atoms with Gasteiger partial charge in [-0.05, 0) is 86.8 Å². The minimum absolute atomic E-state index is 0.156. The Bertz CT molecular complexity index is 773. The second kappa shape index (κ2) is 12.4. The summed E-state index contributed by atoms with van der Waals surface area (Å²) < 4.78 is 11.2. The molecule has 1 aliphatic rings. The minimum Gasteiger partial charge on any atom is -0.426 e. The molecule has 1 aliphatic carbocycles. The highest BCUT2D eigenvalue weighted by Gasteiger charge is 2.32. The van der Waals surface area contributed by atoms with Gasteiger partial charge in [0.2, 0.25) is 0 Å². The molecule has 0 aliphatic heterocycles. The minimum atomic E-state index is -0.194. The summed E-state index contributed by atoms with van der Waals surface area (Å²) in [5.74, 6) is 0.494. The largest absolute Gasteiger partial charge is 0.426 e. The molecule has 0 radical (unpaired) electrons. The smallest absolute Gasteiger partial charge is 0.314 e. The molecule has 0 saturated heterocycles. The Hall–Kier alpha value is -2.62. The number of esters is 2. The van der Waals surface area contributed by atoms with E-state index in [1.165, 1.54) is 11.1 Å². The van der Waals surface area contributed by atoms with Crippen LogP contribution in [0.1, 0.15) is 76.3 Å². The summed E-state index contributed by atoms with van der Waals surface area (Å²) in [6.45, 7) is 4.35. The molecule has 1 fully saturated rings. The fourth-order valence-electron chi connectivity index (χ4n) is 4.17. The van der Waals surface area contributed by atoms with Gasteiger partial charge in [-0.1, -0.05) is 51.0 Å². The highest BCUT2D eigenvalue weighted by atomic mass is 16.5. The Balaban J connectivity index is 1.42. The highest BCUT2D eigenvalue weighted by Crippen LogP contribution is 2.31. The molecule has 0 bridgehead atoms. The van der Waals surface area contributed by atoms with Crippen LogP contribution in [0.15, 0.2) is 48.5 Å². The average Bonchev–Trinajstić information content (AvgIpc) is 2.83. The van der Waals surface area contributed by atoms with Crippen molar-refractivity contribution in [3.05, 3.63) is 59.7 Å². The van der Waals surface area contributed by atoms with Gasteiger partial charge in [0.1, 0.15) is 11.5 Å². The summed E-state index contributed by atoms with van der Waals surface area (Å²) >= 11 is 0. The van der Waals surface area contributed by atoms with Crippen molar-refractivity contribution in [2.75, 3.05) is 0 Å². The van der Waals surface area contributed by atoms with E-state index in [-0.39, 0.29) is 23.8 Å². The van der Waals surface area contributed by atoms with Gasteiger partial charge in [0.05, 0.1) is 11.8 Å². The van der Waals surface area contributed by atoms with E-state index in [0.29, 0.717) is 37.2 Å². The zero-order valence-electron chi connectivity index (χ0n) is 19.5. The van der Waals surface area contributed by atoms with Gasteiger partial charge in [-0.15, -0.1) is 0 Å². The molecule has 1 saturated carbocycles. The summed E-state index contributed by atoms with van der Waals surface area (Å²) in [4.78, 5) is 25.1. The van der Waals surface area contributed by atoms with Crippen LogP contribution in [0, 0.1) is 11.8 Å². The molecule has 0 atom stereocenters. The number of aryl methyl sites for hydroxylation is 2. The predicted molar refractivity (Wildman–Crippen MR) is 127 cm³/mol. The quantitative estimate of drug-likeness (QED) is 0.307. The summed E-state index contributed by atoms with van der Waals surface area (Å²) in [7, 11) is 0. The number of hydrogen-bond acceptors (Lipinski definition) is 4. The third kappa shape index (κ3) is 7.22. The molecular weight excluding hydrogens is 400 g/mol. The molecule has 2 aromatic rings. The van der Waals surface area contributed by atoms with Crippen molar-refractivity contribution >= 4 is 11.9 Å². The number of ether oxygens (including phenoxy) is 2. The van der Waals surface area contributed by atoms with E-state index >= 15 is 0 Å². The van der Waals surface area contributed by atoms with Crippen LogP contribution in [0.2, 0.25) is 0 Å². The molecule has 4 nitrogen and oxygen atoms in total. The first-order valence-corrected chi connectivity index (χ1v) is 12.2. The normalized spacial score (nSPS) is 18.2. The van der Waals surface area contributed by atoms with E-state index in [1.807, 2.05) is 48.5 Å². The predicted octanol–water partition coefficient (Wildman–Crippen LogP) is 6.69. The lowest BCUT2D eigenvalue weighted by atomic mass is 9.82. The molecule has 32 heavy (non-hydrogen) atoms. The van der Waals surface area contributed by atoms with E-state index in [2.05, 4.69) is 13.8 Å². The van der Waals surface area contributed by atoms with E-state index < -0.39 is 0 Å². The maximum atomic E-state index is 12.6. The molecule has 0 aromatic heterocycles. The first kappa shape index (κ1) is 24.0. The average molecular weight is 437 g/mol. The van der Waals surface area contributed by atoms with Gasteiger partial charge < -0.3 is 9.47 Å². The monoisotopic (exact) mass is 436 g/mol. The number of carbonyl (C=O) groups excluding carboxylic acids is 2. The van der Waals surface area contributed by atoms with Crippen molar-refractivity contribution in [3.8, 4) is 11.5 Å². The maximum absolute atomic E-state index is 12.6. The van der Waals surface area contributed by atoms with Crippen molar-refractivity contribution in [2.24, 2.45) is 11.8 Å². The third-order valence-corrected chi connectivity index (χ3v) is 6.32. The Morgan fingerprint density at radius 3 is 1.31 bits per heavy atom.